The Kier molecular flexibility index (Phi) is 4.51. The fraction of sp³-hybridized carbons (Fsp3) is 0.250. The molecule has 0 unspecified atom stereocenters. The molecular weight excluding hydrogens is 346 g/mol. The Morgan fingerprint density at radius 3 is 2.85 bits per heavy atom. The molecule has 3 aromatic rings. The molecule has 5 nitrogen and oxygen atoms in total. The number of hydrogen-bond acceptors (Lipinski definition) is 5. The molecule has 4 rings (SSSR count). The van der Waals surface area contributed by atoms with Gasteiger partial charge in [-0.3, -0.25) is 4.79 Å². The minimum atomic E-state index is 0.0610. The van der Waals surface area contributed by atoms with E-state index in [0.717, 1.165) is 24.2 Å². The Morgan fingerprint density at radius 1 is 1.15 bits per heavy atom. The van der Waals surface area contributed by atoms with Gasteiger partial charge in [0.05, 0.1) is 5.75 Å². The van der Waals surface area contributed by atoms with E-state index < -0.39 is 0 Å². The topological polar surface area (TPSA) is 59.2 Å². The van der Waals surface area contributed by atoms with Gasteiger partial charge in [-0.05, 0) is 55.2 Å². The second-order valence-electron chi connectivity index (χ2n) is 6.38. The average Bonchev–Trinajstić information content (AvgIpc) is 3.29. The number of carbonyl (C=O) groups excluding carboxylic acids is 1. The van der Waals surface area contributed by atoms with Crippen LogP contribution in [0, 0.1) is 13.8 Å². The number of carbonyl (C=O) groups is 1. The first-order valence-corrected chi connectivity index (χ1v) is 9.52. The number of benzene rings is 2. The van der Waals surface area contributed by atoms with Crippen molar-refractivity contribution in [1.29, 1.82) is 0 Å². The van der Waals surface area contributed by atoms with Crippen molar-refractivity contribution in [2.75, 3.05) is 17.2 Å². The van der Waals surface area contributed by atoms with Gasteiger partial charge in [0.1, 0.15) is 0 Å². The van der Waals surface area contributed by atoms with E-state index in [2.05, 4.69) is 30.1 Å². The van der Waals surface area contributed by atoms with Crippen LogP contribution in [0.4, 0.5) is 5.69 Å². The van der Waals surface area contributed by atoms with Crippen LogP contribution < -0.4 is 4.90 Å². The summed E-state index contributed by atoms with van der Waals surface area (Å²) in [5.41, 5.74) is 5.53. The van der Waals surface area contributed by atoms with Crippen LogP contribution in [-0.4, -0.2) is 28.4 Å². The van der Waals surface area contributed by atoms with Gasteiger partial charge in [-0.15, -0.1) is 10.2 Å². The van der Waals surface area contributed by atoms with Crippen LogP contribution >= 0.6 is 11.8 Å². The van der Waals surface area contributed by atoms with Crippen LogP contribution in [0.25, 0.3) is 11.5 Å². The molecule has 0 aliphatic carbocycles. The van der Waals surface area contributed by atoms with E-state index in [4.69, 9.17) is 4.42 Å². The molecule has 0 fully saturated rings. The number of anilines is 1. The number of rotatable bonds is 4. The molecule has 0 saturated heterocycles. The third-order valence-electron chi connectivity index (χ3n) is 4.67. The van der Waals surface area contributed by atoms with Crippen LogP contribution in [0.3, 0.4) is 0 Å². The van der Waals surface area contributed by atoms with Gasteiger partial charge in [-0.25, -0.2) is 0 Å². The zero-order chi connectivity index (χ0) is 18.1. The second-order valence-corrected chi connectivity index (χ2v) is 7.31. The highest BCUT2D eigenvalue weighted by molar-refractivity contribution is 7.99. The van der Waals surface area contributed by atoms with Gasteiger partial charge in [0.15, 0.2) is 0 Å². The maximum absolute atomic E-state index is 12.6. The fourth-order valence-corrected chi connectivity index (χ4v) is 3.70. The van der Waals surface area contributed by atoms with Crippen LogP contribution in [0.15, 0.2) is 52.1 Å². The third kappa shape index (κ3) is 3.24. The second kappa shape index (κ2) is 6.96. The molecule has 1 aliphatic rings. The summed E-state index contributed by atoms with van der Waals surface area (Å²) in [6.07, 6.45) is 0.907. The van der Waals surface area contributed by atoms with E-state index in [1.807, 2.05) is 41.3 Å². The summed E-state index contributed by atoms with van der Waals surface area (Å²) in [6.45, 7) is 4.85. The molecule has 132 valence electrons. The van der Waals surface area contributed by atoms with Crippen LogP contribution in [-0.2, 0) is 11.2 Å². The molecule has 0 spiro atoms. The minimum absolute atomic E-state index is 0.0610. The SMILES string of the molecule is Cc1ccc(-c2nnc(SCC(=O)N3CCc4ccccc43)o2)cc1C. The lowest BCUT2D eigenvalue weighted by Crippen LogP contribution is -2.30. The lowest BCUT2D eigenvalue weighted by molar-refractivity contribution is -0.116. The maximum atomic E-state index is 12.6. The monoisotopic (exact) mass is 365 g/mol. The number of para-hydroxylation sites is 1. The number of aromatic nitrogens is 2. The first kappa shape index (κ1) is 16.8. The highest BCUT2D eigenvalue weighted by atomic mass is 32.2. The fourth-order valence-electron chi connectivity index (χ4n) is 3.06. The largest absolute Gasteiger partial charge is 0.411 e. The normalized spacial score (nSPS) is 13.1. The predicted molar refractivity (Wildman–Crippen MR) is 102 cm³/mol. The molecule has 0 bridgehead atoms. The Bertz CT molecular complexity index is 967. The molecule has 2 aromatic carbocycles. The number of fused-ring (bicyclic) bond motifs is 1. The predicted octanol–water partition coefficient (Wildman–Crippen LogP) is 4.03. The number of aryl methyl sites for hydroxylation is 2. The van der Waals surface area contributed by atoms with Gasteiger partial charge in [0, 0.05) is 17.8 Å². The summed E-state index contributed by atoms with van der Waals surface area (Å²) in [7, 11) is 0. The van der Waals surface area contributed by atoms with Crippen molar-refractivity contribution < 1.29 is 9.21 Å². The third-order valence-corrected chi connectivity index (χ3v) is 5.47. The van der Waals surface area contributed by atoms with Crippen LogP contribution in [0.1, 0.15) is 16.7 Å². The van der Waals surface area contributed by atoms with Gasteiger partial charge < -0.3 is 9.32 Å². The van der Waals surface area contributed by atoms with E-state index in [-0.39, 0.29) is 11.7 Å². The van der Waals surface area contributed by atoms with Gasteiger partial charge in [-0.2, -0.15) is 0 Å². The van der Waals surface area contributed by atoms with Crippen molar-refractivity contribution in [3.05, 3.63) is 59.2 Å². The van der Waals surface area contributed by atoms with Crippen molar-refractivity contribution in [1.82, 2.24) is 10.2 Å². The Labute approximate surface area is 156 Å². The summed E-state index contributed by atoms with van der Waals surface area (Å²) < 4.78 is 5.72. The quantitative estimate of drug-likeness (QED) is 0.653. The molecule has 26 heavy (non-hydrogen) atoms. The first-order valence-electron chi connectivity index (χ1n) is 8.54. The highest BCUT2D eigenvalue weighted by Crippen LogP contribution is 2.29. The summed E-state index contributed by atoms with van der Waals surface area (Å²) in [4.78, 5) is 14.4. The van der Waals surface area contributed by atoms with Gasteiger partial charge in [0.2, 0.25) is 11.8 Å². The summed E-state index contributed by atoms with van der Waals surface area (Å²) >= 11 is 1.28. The molecule has 0 radical (unpaired) electrons. The smallest absolute Gasteiger partial charge is 0.277 e. The maximum Gasteiger partial charge on any atom is 0.277 e. The van der Waals surface area contributed by atoms with Crippen LogP contribution in [0.5, 0.6) is 0 Å². The van der Waals surface area contributed by atoms with E-state index >= 15 is 0 Å². The molecule has 1 aromatic heterocycles. The molecule has 6 heteroatoms. The van der Waals surface area contributed by atoms with Crippen molar-refractivity contribution in [3.8, 4) is 11.5 Å². The van der Waals surface area contributed by atoms with E-state index in [1.165, 1.54) is 28.5 Å². The van der Waals surface area contributed by atoms with Crippen molar-refractivity contribution in [3.63, 3.8) is 0 Å². The number of hydrogen-bond donors (Lipinski definition) is 0. The highest BCUT2D eigenvalue weighted by Gasteiger charge is 2.24. The lowest BCUT2D eigenvalue weighted by Gasteiger charge is -2.16. The van der Waals surface area contributed by atoms with Crippen molar-refractivity contribution in [2.45, 2.75) is 25.5 Å². The summed E-state index contributed by atoms with van der Waals surface area (Å²) in [5, 5.41) is 8.59. The molecule has 0 atom stereocenters. The molecule has 1 amide bonds. The Hall–Kier alpha value is -2.60. The standard InChI is InChI=1S/C20H19N3O2S/c1-13-7-8-16(11-14(13)2)19-21-22-20(25-19)26-12-18(24)23-10-9-15-5-3-4-6-17(15)23/h3-8,11H,9-10,12H2,1-2H3. The summed E-state index contributed by atoms with van der Waals surface area (Å²) in [6, 6.07) is 14.1. The van der Waals surface area contributed by atoms with Crippen LogP contribution in [0.2, 0.25) is 0 Å². The van der Waals surface area contributed by atoms with E-state index in [9.17, 15) is 4.79 Å². The van der Waals surface area contributed by atoms with Crippen molar-refractivity contribution >= 4 is 23.4 Å². The van der Waals surface area contributed by atoms with Gasteiger partial charge in [0.25, 0.3) is 5.22 Å². The minimum Gasteiger partial charge on any atom is -0.411 e. The summed E-state index contributed by atoms with van der Waals surface area (Å²) in [5.74, 6) is 0.823. The zero-order valence-electron chi connectivity index (χ0n) is 14.7. The molecular formula is C20H19N3O2S. The first-order chi connectivity index (χ1) is 12.6. The number of nitrogens with zero attached hydrogens (tertiary/aromatic N) is 3. The average molecular weight is 365 g/mol. The molecule has 0 N–H and O–H groups in total. The Balaban J connectivity index is 1.42. The number of amides is 1. The Morgan fingerprint density at radius 2 is 2.00 bits per heavy atom. The number of thioether (sulfide) groups is 1. The van der Waals surface area contributed by atoms with E-state index in [1.54, 1.807) is 0 Å². The van der Waals surface area contributed by atoms with Gasteiger partial charge >= 0.3 is 0 Å². The molecule has 1 aliphatic heterocycles. The zero-order valence-corrected chi connectivity index (χ0v) is 15.5. The molecule has 0 saturated carbocycles. The lowest BCUT2D eigenvalue weighted by atomic mass is 10.1. The molecule has 2 heterocycles. The van der Waals surface area contributed by atoms with Crippen molar-refractivity contribution in [2.24, 2.45) is 0 Å². The van der Waals surface area contributed by atoms with Gasteiger partial charge in [-0.1, -0.05) is 36.0 Å². The van der Waals surface area contributed by atoms with E-state index in [0.29, 0.717) is 11.1 Å².